The molecule has 0 aliphatic carbocycles. The van der Waals surface area contributed by atoms with Crippen LogP contribution in [0.2, 0.25) is 0 Å². The number of aromatic hydroxyl groups is 1. The number of carboxylic acid groups (broad SMARTS) is 2. The van der Waals surface area contributed by atoms with E-state index in [1.54, 1.807) is 12.1 Å². The summed E-state index contributed by atoms with van der Waals surface area (Å²) in [5.41, 5.74) is 11.5. The quantitative estimate of drug-likeness (QED) is 0.307. The fourth-order valence-electron chi connectivity index (χ4n) is 2.52. The maximum absolute atomic E-state index is 11.9. The number of carbonyl (C=O) groups is 3. The van der Waals surface area contributed by atoms with Gasteiger partial charge in [0.2, 0.25) is 11.8 Å². The van der Waals surface area contributed by atoms with Gasteiger partial charge >= 0.3 is 18.0 Å². The lowest BCUT2D eigenvalue weighted by Crippen LogP contribution is -2.42. The summed E-state index contributed by atoms with van der Waals surface area (Å²) in [7, 11) is 0. The molecule has 0 aliphatic heterocycles. The molecule has 12 nitrogen and oxygen atoms in total. The molecule has 2 heterocycles. The maximum atomic E-state index is 11.9. The molecule has 0 bridgehead atoms. The normalized spacial score (nSPS) is 11.6. The number of ether oxygens (including phenoxy) is 1. The van der Waals surface area contributed by atoms with Crippen LogP contribution in [-0.4, -0.2) is 49.4 Å². The topological polar surface area (TPSA) is 211 Å². The van der Waals surface area contributed by atoms with Crippen LogP contribution in [0.4, 0.5) is 16.6 Å². The molecule has 0 aromatic carbocycles. The van der Waals surface area contributed by atoms with Crippen molar-refractivity contribution in [2.45, 2.75) is 38.1 Å². The van der Waals surface area contributed by atoms with E-state index < -0.39 is 30.5 Å². The van der Waals surface area contributed by atoms with Crippen molar-refractivity contribution in [2.75, 3.05) is 11.5 Å². The van der Waals surface area contributed by atoms with Gasteiger partial charge in [-0.15, -0.1) is 11.3 Å². The average Bonchev–Trinajstić information content (AvgIpc) is 3.07. The van der Waals surface area contributed by atoms with Crippen LogP contribution >= 0.6 is 11.3 Å². The Kier molecular flexibility index (Phi) is 7.75. The van der Waals surface area contributed by atoms with Crippen LogP contribution in [0.5, 0.6) is 10.9 Å². The number of carbonyl (C=O) groups excluding carboxylic acids is 1. The Morgan fingerprint density at radius 3 is 2.53 bits per heavy atom. The molecule has 0 fully saturated rings. The number of nitrogen functional groups attached to an aromatic ring is 2. The van der Waals surface area contributed by atoms with Crippen LogP contribution in [-0.2, 0) is 22.4 Å². The van der Waals surface area contributed by atoms with Gasteiger partial charge < -0.3 is 36.8 Å². The van der Waals surface area contributed by atoms with E-state index >= 15 is 0 Å². The highest BCUT2D eigenvalue weighted by Gasteiger charge is 2.22. The third kappa shape index (κ3) is 6.77. The number of anilines is 2. The van der Waals surface area contributed by atoms with E-state index in [1.807, 2.05) is 0 Å². The number of thiophene rings is 1. The van der Waals surface area contributed by atoms with E-state index in [2.05, 4.69) is 15.3 Å². The number of aryl methyl sites for hydroxylation is 1. The summed E-state index contributed by atoms with van der Waals surface area (Å²) in [5, 5.41) is 29.9. The number of hydrogen-bond donors (Lipinski definition) is 6. The number of aliphatic carboxylic acids is 2. The zero-order valence-electron chi connectivity index (χ0n) is 15.7. The van der Waals surface area contributed by atoms with E-state index in [0.717, 1.165) is 4.88 Å². The molecule has 1 amide bonds. The van der Waals surface area contributed by atoms with Crippen LogP contribution in [0.3, 0.4) is 0 Å². The summed E-state index contributed by atoms with van der Waals surface area (Å²) >= 11 is 1.19. The van der Waals surface area contributed by atoms with Crippen molar-refractivity contribution in [3.63, 3.8) is 0 Å². The van der Waals surface area contributed by atoms with Gasteiger partial charge in [0, 0.05) is 11.3 Å². The third-order valence-electron chi connectivity index (χ3n) is 3.95. The minimum atomic E-state index is -1.37. The Morgan fingerprint density at radius 2 is 1.90 bits per heavy atom. The number of hydrogen-bond acceptors (Lipinski definition) is 10. The van der Waals surface area contributed by atoms with Gasteiger partial charge in [-0.1, -0.05) is 0 Å². The van der Waals surface area contributed by atoms with Crippen molar-refractivity contribution in [3.8, 4) is 10.9 Å². The molecule has 162 valence electrons. The van der Waals surface area contributed by atoms with Gasteiger partial charge in [-0.25, -0.2) is 9.59 Å². The summed E-state index contributed by atoms with van der Waals surface area (Å²) in [4.78, 5) is 41.9. The van der Waals surface area contributed by atoms with Gasteiger partial charge in [-0.3, -0.25) is 4.79 Å². The lowest BCUT2D eigenvalue weighted by Gasteiger charge is -2.12. The maximum Gasteiger partial charge on any atom is 0.414 e. The van der Waals surface area contributed by atoms with Crippen molar-refractivity contribution in [3.05, 3.63) is 22.6 Å². The minimum Gasteiger partial charge on any atom is -0.493 e. The molecule has 0 saturated heterocycles. The van der Waals surface area contributed by atoms with Crippen LogP contribution in [0, 0.1) is 0 Å². The summed E-state index contributed by atoms with van der Waals surface area (Å²) in [6.07, 6.45) is -0.0447. The fraction of sp³-hybridized carbons (Fsp3) is 0.353. The predicted octanol–water partition coefficient (Wildman–Crippen LogP) is 0.990. The van der Waals surface area contributed by atoms with Crippen molar-refractivity contribution in [1.82, 2.24) is 15.3 Å². The van der Waals surface area contributed by atoms with Crippen LogP contribution in [0.25, 0.3) is 0 Å². The number of amides is 1. The van der Waals surface area contributed by atoms with Gasteiger partial charge in [0.1, 0.15) is 11.9 Å². The van der Waals surface area contributed by atoms with Crippen molar-refractivity contribution in [2.24, 2.45) is 0 Å². The number of nitrogens with two attached hydrogens (primary N) is 2. The Bertz CT molecular complexity index is 910. The highest BCUT2D eigenvalue weighted by molar-refractivity contribution is 7.13. The number of carboxylic acids is 2. The molecular weight excluding hydrogens is 418 g/mol. The van der Waals surface area contributed by atoms with Crippen LogP contribution < -0.4 is 21.5 Å². The summed E-state index contributed by atoms with van der Waals surface area (Å²) < 4.78 is 5.06. The monoisotopic (exact) mass is 439 g/mol. The number of nitrogens with zero attached hydrogens (tertiary/aromatic N) is 2. The Labute approximate surface area is 174 Å². The Morgan fingerprint density at radius 1 is 1.17 bits per heavy atom. The lowest BCUT2D eigenvalue weighted by atomic mass is 10.1. The summed E-state index contributed by atoms with van der Waals surface area (Å²) in [6.45, 7) is 0. The summed E-state index contributed by atoms with van der Waals surface area (Å²) in [5.74, 6) is -2.78. The van der Waals surface area contributed by atoms with Crippen molar-refractivity contribution < 1.29 is 34.4 Å². The zero-order chi connectivity index (χ0) is 22.3. The molecule has 13 heteroatoms. The Balaban J connectivity index is 1.85. The zero-order valence-corrected chi connectivity index (χ0v) is 16.5. The molecule has 0 spiro atoms. The fourth-order valence-corrected chi connectivity index (χ4v) is 3.42. The Hall–Kier alpha value is -3.61. The predicted molar refractivity (Wildman–Crippen MR) is 106 cm³/mol. The van der Waals surface area contributed by atoms with E-state index in [4.69, 9.17) is 26.4 Å². The van der Waals surface area contributed by atoms with Gasteiger partial charge in [0.25, 0.3) is 0 Å². The van der Waals surface area contributed by atoms with E-state index in [-0.39, 0.29) is 29.1 Å². The molecular formula is C17H21N5O7S. The molecule has 1 atom stereocenters. The van der Waals surface area contributed by atoms with Gasteiger partial charge in [-0.2, -0.15) is 9.97 Å². The second-order valence-corrected chi connectivity index (χ2v) is 7.33. The van der Waals surface area contributed by atoms with E-state index in [1.165, 1.54) is 11.3 Å². The standard InChI is InChI=1S/C17H21N5O7S/c18-13-9(14(25)22-16(19)21-13)3-1-2-8-4-7-12(30-8)29-17(28)20-10(15(26)27)5-6-11(23)24/h4,7,10H,1-3,5-6H2,(H,20,28)(H,23,24)(H,26,27)(H5,18,19,21,22,25)/t10-/m0/s1. The molecule has 2 aromatic heterocycles. The first-order valence-corrected chi connectivity index (χ1v) is 9.59. The van der Waals surface area contributed by atoms with E-state index in [0.29, 0.717) is 24.8 Å². The number of nitrogens with one attached hydrogen (secondary N) is 1. The smallest absolute Gasteiger partial charge is 0.414 e. The second kappa shape index (κ2) is 10.2. The van der Waals surface area contributed by atoms with Gasteiger partial charge in [0.15, 0.2) is 5.06 Å². The first-order chi connectivity index (χ1) is 14.2. The minimum absolute atomic E-state index is 0.111. The molecule has 0 aliphatic rings. The van der Waals surface area contributed by atoms with Crippen LogP contribution in [0.1, 0.15) is 29.7 Å². The number of rotatable bonds is 10. The number of aromatic nitrogens is 2. The van der Waals surface area contributed by atoms with Gasteiger partial charge in [0.05, 0.1) is 5.56 Å². The largest absolute Gasteiger partial charge is 0.493 e. The molecule has 2 aromatic rings. The molecule has 2 rings (SSSR count). The van der Waals surface area contributed by atoms with Crippen LogP contribution in [0.15, 0.2) is 12.1 Å². The summed E-state index contributed by atoms with van der Waals surface area (Å²) in [6, 6.07) is 1.94. The first kappa shape index (κ1) is 22.7. The third-order valence-corrected chi connectivity index (χ3v) is 4.97. The molecule has 30 heavy (non-hydrogen) atoms. The molecule has 0 unspecified atom stereocenters. The molecule has 0 saturated carbocycles. The lowest BCUT2D eigenvalue weighted by molar-refractivity contribution is -0.140. The highest BCUT2D eigenvalue weighted by Crippen LogP contribution is 2.27. The molecule has 0 radical (unpaired) electrons. The van der Waals surface area contributed by atoms with Crippen molar-refractivity contribution >= 4 is 41.1 Å². The second-order valence-electron chi connectivity index (χ2n) is 6.20. The van der Waals surface area contributed by atoms with Gasteiger partial charge in [-0.05, 0) is 37.8 Å². The average molecular weight is 439 g/mol. The SMILES string of the molecule is Nc1nc(N)c(CCCc2ccc(OC(=O)N[C@@H](CCC(=O)O)C(=O)O)s2)c(O)n1. The van der Waals surface area contributed by atoms with Crippen molar-refractivity contribution in [1.29, 1.82) is 0 Å². The molecule has 8 N–H and O–H groups in total. The highest BCUT2D eigenvalue weighted by atomic mass is 32.1. The first-order valence-electron chi connectivity index (χ1n) is 8.78. The van der Waals surface area contributed by atoms with E-state index in [9.17, 15) is 19.5 Å².